The second kappa shape index (κ2) is 4.45. The lowest BCUT2D eigenvalue weighted by molar-refractivity contribution is -0.160. The van der Waals surface area contributed by atoms with Crippen LogP contribution < -0.4 is 4.72 Å². The summed E-state index contributed by atoms with van der Waals surface area (Å²) in [6, 6.07) is 3.95. The minimum atomic E-state index is -4.65. The third-order valence-corrected chi connectivity index (χ3v) is 4.59. The Morgan fingerprint density at radius 3 is 2.05 bits per heavy atom. The molecule has 9 heteroatoms. The Bertz CT molecular complexity index is 633. The maximum absolute atomic E-state index is 12.7. The largest absolute Gasteiger partial charge is 0.478 e. The van der Waals surface area contributed by atoms with Crippen LogP contribution in [-0.4, -0.2) is 31.2 Å². The number of rotatable bonds is 4. The Morgan fingerprint density at radius 1 is 1.20 bits per heavy atom. The fourth-order valence-corrected chi connectivity index (χ4v) is 3.11. The lowest BCUT2D eigenvalue weighted by Gasteiger charge is -2.20. The Hall–Kier alpha value is -1.61. The maximum atomic E-state index is 12.7. The molecule has 5 nitrogen and oxygen atoms in total. The summed E-state index contributed by atoms with van der Waals surface area (Å²) in [6.45, 7) is 0. The molecule has 0 aromatic heterocycles. The number of aromatic carboxylic acids is 1. The first-order chi connectivity index (χ1) is 9.07. The lowest BCUT2D eigenvalue weighted by Crippen LogP contribution is -2.47. The number of sulfonamides is 1. The van der Waals surface area contributed by atoms with E-state index < -0.39 is 32.6 Å². The van der Waals surface area contributed by atoms with Gasteiger partial charge in [-0.25, -0.2) is 13.2 Å². The fourth-order valence-electron chi connectivity index (χ4n) is 1.66. The van der Waals surface area contributed by atoms with Gasteiger partial charge in [0.1, 0.15) is 5.54 Å². The number of hydrogen-bond donors (Lipinski definition) is 2. The van der Waals surface area contributed by atoms with Gasteiger partial charge in [0.2, 0.25) is 10.0 Å². The molecule has 0 saturated heterocycles. The molecule has 0 unspecified atom stereocenters. The molecule has 0 bridgehead atoms. The number of carboxylic acids is 1. The SMILES string of the molecule is O=C(O)c1ccc(S(=O)(=O)NC2(C(F)(F)F)CC2)cc1. The average molecular weight is 309 g/mol. The van der Waals surface area contributed by atoms with Crippen molar-refractivity contribution in [2.45, 2.75) is 29.5 Å². The highest BCUT2D eigenvalue weighted by Crippen LogP contribution is 2.49. The van der Waals surface area contributed by atoms with Crippen molar-refractivity contribution in [3.63, 3.8) is 0 Å². The topological polar surface area (TPSA) is 83.5 Å². The first kappa shape index (κ1) is 14.8. The number of carbonyl (C=O) groups is 1. The molecule has 0 atom stereocenters. The van der Waals surface area contributed by atoms with Gasteiger partial charge in [0.15, 0.2) is 0 Å². The van der Waals surface area contributed by atoms with Crippen molar-refractivity contribution in [3.8, 4) is 0 Å². The molecule has 1 aromatic rings. The zero-order valence-corrected chi connectivity index (χ0v) is 10.8. The molecule has 0 radical (unpaired) electrons. The summed E-state index contributed by atoms with van der Waals surface area (Å²) in [6.07, 6.45) is -5.26. The van der Waals surface area contributed by atoms with Crippen LogP contribution in [0.4, 0.5) is 13.2 Å². The van der Waals surface area contributed by atoms with Crippen LogP contribution in [0.5, 0.6) is 0 Å². The number of halogens is 3. The molecule has 1 aliphatic carbocycles. The molecule has 1 aromatic carbocycles. The van der Waals surface area contributed by atoms with Gasteiger partial charge in [-0.15, -0.1) is 0 Å². The molecule has 2 N–H and O–H groups in total. The molecule has 0 spiro atoms. The van der Waals surface area contributed by atoms with Crippen molar-refractivity contribution in [3.05, 3.63) is 29.8 Å². The van der Waals surface area contributed by atoms with Crippen LogP contribution in [0.1, 0.15) is 23.2 Å². The Kier molecular flexibility index (Phi) is 3.29. The maximum Gasteiger partial charge on any atom is 0.407 e. The molecular formula is C11H10F3NO4S. The minimum Gasteiger partial charge on any atom is -0.478 e. The smallest absolute Gasteiger partial charge is 0.407 e. The molecule has 0 heterocycles. The van der Waals surface area contributed by atoms with Gasteiger partial charge in [-0.05, 0) is 37.1 Å². The predicted molar refractivity (Wildman–Crippen MR) is 61.7 cm³/mol. The van der Waals surface area contributed by atoms with E-state index in [0.29, 0.717) is 0 Å². The molecule has 110 valence electrons. The number of nitrogens with one attached hydrogen (secondary N) is 1. The first-order valence-corrected chi connectivity index (χ1v) is 7.00. The van der Waals surface area contributed by atoms with E-state index in [1.165, 1.54) is 0 Å². The van der Waals surface area contributed by atoms with E-state index in [1.807, 2.05) is 0 Å². The zero-order valence-electron chi connectivity index (χ0n) is 9.94. The third kappa shape index (κ3) is 2.63. The monoisotopic (exact) mass is 309 g/mol. The summed E-state index contributed by atoms with van der Waals surface area (Å²) in [4.78, 5) is 10.2. The van der Waals surface area contributed by atoms with Crippen molar-refractivity contribution in [1.82, 2.24) is 4.72 Å². The van der Waals surface area contributed by atoms with Crippen LogP contribution in [0.2, 0.25) is 0 Å². The van der Waals surface area contributed by atoms with E-state index in [1.54, 1.807) is 4.72 Å². The quantitative estimate of drug-likeness (QED) is 0.887. The summed E-state index contributed by atoms with van der Waals surface area (Å²) < 4.78 is 63.5. The normalized spacial score (nSPS) is 17.8. The van der Waals surface area contributed by atoms with Crippen molar-refractivity contribution in [2.24, 2.45) is 0 Å². The van der Waals surface area contributed by atoms with Crippen molar-refractivity contribution < 1.29 is 31.5 Å². The van der Waals surface area contributed by atoms with Gasteiger partial charge in [0.25, 0.3) is 0 Å². The van der Waals surface area contributed by atoms with Crippen LogP contribution in [0.3, 0.4) is 0 Å². The molecular weight excluding hydrogens is 299 g/mol. The number of benzene rings is 1. The van der Waals surface area contributed by atoms with Gasteiger partial charge in [0, 0.05) is 0 Å². The van der Waals surface area contributed by atoms with E-state index in [0.717, 1.165) is 24.3 Å². The van der Waals surface area contributed by atoms with E-state index in [-0.39, 0.29) is 18.4 Å². The van der Waals surface area contributed by atoms with Gasteiger partial charge >= 0.3 is 12.1 Å². The van der Waals surface area contributed by atoms with E-state index in [4.69, 9.17) is 5.11 Å². The summed E-state index contributed by atoms with van der Waals surface area (Å²) in [5, 5.41) is 8.67. The fraction of sp³-hybridized carbons (Fsp3) is 0.364. The minimum absolute atomic E-state index is 0.152. The summed E-state index contributed by atoms with van der Waals surface area (Å²) >= 11 is 0. The highest BCUT2D eigenvalue weighted by atomic mass is 32.2. The lowest BCUT2D eigenvalue weighted by atomic mass is 10.2. The van der Waals surface area contributed by atoms with E-state index in [2.05, 4.69) is 0 Å². The van der Waals surface area contributed by atoms with E-state index >= 15 is 0 Å². The summed E-state index contributed by atoms with van der Waals surface area (Å²) in [5.74, 6) is -1.25. The van der Waals surface area contributed by atoms with Crippen LogP contribution in [0.15, 0.2) is 29.2 Å². The van der Waals surface area contributed by atoms with Crippen LogP contribution >= 0.6 is 0 Å². The highest BCUT2D eigenvalue weighted by Gasteiger charge is 2.65. The van der Waals surface area contributed by atoms with Crippen molar-refractivity contribution in [2.75, 3.05) is 0 Å². The molecule has 1 saturated carbocycles. The number of carboxylic acid groups (broad SMARTS) is 1. The predicted octanol–water partition coefficient (Wildman–Crippen LogP) is 1.76. The Balaban J connectivity index is 2.26. The van der Waals surface area contributed by atoms with Gasteiger partial charge in [-0.1, -0.05) is 0 Å². The number of hydrogen-bond acceptors (Lipinski definition) is 3. The van der Waals surface area contributed by atoms with E-state index in [9.17, 15) is 26.4 Å². The number of alkyl halides is 3. The highest BCUT2D eigenvalue weighted by molar-refractivity contribution is 7.89. The average Bonchev–Trinajstić information content (AvgIpc) is 3.09. The van der Waals surface area contributed by atoms with Crippen molar-refractivity contribution in [1.29, 1.82) is 0 Å². The van der Waals surface area contributed by atoms with Gasteiger partial charge in [-0.2, -0.15) is 17.9 Å². The van der Waals surface area contributed by atoms with Gasteiger partial charge in [0.05, 0.1) is 10.5 Å². The second-order valence-corrected chi connectivity index (χ2v) is 6.20. The first-order valence-electron chi connectivity index (χ1n) is 5.51. The second-order valence-electron chi connectivity index (χ2n) is 4.51. The summed E-state index contributed by atoms with van der Waals surface area (Å²) in [7, 11) is -4.34. The standard InChI is InChI=1S/C11H10F3NO4S/c12-11(13,14)10(5-6-10)15-20(18,19)8-3-1-7(2-4-8)9(16)17/h1-4,15H,5-6H2,(H,16,17). The molecule has 0 amide bonds. The third-order valence-electron chi connectivity index (χ3n) is 3.03. The van der Waals surface area contributed by atoms with Crippen molar-refractivity contribution >= 4 is 16.0 Å². The van der Waals surface area contributed by atoms with Gasteiger partial charge < -0.3 is 5.11 Å². The Labute approximate surface area is 112 Å². The molecule has 20 heavy (non-hydrogen) atoms. The molecule has 0 aliphatic heterocycles. The zero-order chi connectivity index (χ0) is 15.2. The van der Waals surface area contributed by atoms with Gasteiger partial charge in [-0.3, -0.25) is 0 Å². The Morgan fingerprint density at radius 2 is 1.70 bits per heavy atom. The summed E-state index contributed by atoms with van der Waals surface area (Å²) in [5.41, 5.74) is -2.54. The molecule has 1 aliphatic rings. The van der Waals surface area contributed by atoms with Crippen LogP contribution in [0, 0.1) is 0 Å². The molecule has 2 rings (SSSR count). The van der Waals surface area contributed by atoms with Crippen LogP contribution in [-0.2, 0) is 10.0 Å². The molecule has 1 fully saturated rings. The van der Waals surface area contributed by atoms with Crippen LogP contribution in [0.25, 0.3) is 0 Å².